The quantitative estimate of drug-likeness (QED) is 0.743. The number of carbonyl (C=O) groups is 1. The number of nitrogens with zero attached hydrogens (tertiary/aromatic N) is 1. The van der Waals surface area contributed by atoms with Crippen molar-refractivity contribution in [3.8, 4) is 0 Å². The summed E-state index contributed by atoms with van der Waals surface area (Å²) in [4.78, 5) is 12.7. The van der Waals surface area contributed by atoms with Crippen molar-refractivity contribution in [3.05, 3.63) is 23.8 Å². The van der Waals surface area contributed by atoms with Gasteiger partial charge >= 0.3 is 0 Å². The molecule has 0 aliphatic carbocycles. The van der Waals surface area contributed by atoms with Gasteiger partial charge < -0.3 is 15.3 Å². The van der Waals surface area contributed by atoms with Gasteiger partial charge in [0.15, 0.2) is 0 Å². The maximum absolute atomic E-state index is 11.1. The zero-order valence-electron chi connectivity index (χ0n) is 9.31. The number of aliphatic hydroxyl groups excluding tert-OH is 1. The molecule has 0 radical (unpaired) electrons. The van der Waals surface area contributed by atoms with Gasteiger partial charge in [0, 0.05) is 19.2 Å². The summed E-state index contributed by atoms with van der Waals surface area (Å²) < 4.78 is 0. The molecule has 0 aromatic heterocycles. The highest BCUT2D eigenvalue weighted by Gasteiger charge is 2.23. The van der Waals surface area contributed by atoms with Crippen molar-refractivity contribution in [1.82, 2.24) is 0 Å². The lowest BCUT2D eigenvalue weighted by molar-refractivity contribution is -0.107. The van der Waals surface area contributed by atoms with E-state index >= 15 is 0 Å². The van der Waals surface area contributed by atoms with Gasteiger partial charge in [-0.1, -0.05) is 12.1 Å². The Morgan fingerprint density at radius 1 is 1.56 bits per heavy atom. The third kappa shape index (κ3) is 1.76. The van der Waals surface area contributed by atoms with Crippen LogP contribution in [0, 0.1) is 0 Å². The van der Waals surface area contributed by atoms with Crippen LogP contribution in [-0.2, 0) is 4.79 Å². The Bertz CT molecular complexity index is 393. The fraction of sp³-hybridized carbons (Fsp3) is 0.417. The van der Waals surface area contributed by atoms with E-state index in [2.05, 4.69) is 5.32 Å². The first-order chi connectivity index (χ1) is 7.77. The summed E-state index contributed by atoms with van der Waals surface area (Å²) in [5, 5.41) is 13.1. The standard InChI is InChI=1S/C12H16N2O2/c1-13-10-5-2-4-9-11(16)6-3-7-14(8-15)12(9)10/h2,4-5,8,11,13,16H,3,6-7H2,1H3. The van der Waals surface area contributed by atoms with Crippen LogP contribution in [0.15, 0.2) is 18.2 Å². The molecule has 1 aromatic rings. The molecule has 1 unspecified atom stereocenters. The van der Waals surface area contributed by atoms with Gasteiger partial charge in [-0.3, -0.25) is 4.79 Å². The van der Waals surface area contributed by atoms with Gasteiger partial charge in [-0.15, -0.1) is 0 Å². The minimum Gasteiger partial charge on any atom is -0.388 e. The van der Waals surface area contributed by atoms with Crippen molar-refractivity contribution < 1.29 is 9.90 Å². The molecule has 4 nitrogen and oxygen atoms in total. The molecule has 16 heavy (non-hydrogen) atoms. The lowest BCUT2D eigenvalue weighted by Gasteiger charge is -2.21. The molecule has 1 aliphatic heterocycles. The number of para-hydroxylation sites is 1. The van der Waals surface area contributed by atoms with Gasteiger partial charge in [0.1, 0.15) is 0 Å². The highest BCUT2D eigenvalue weighted by molar-refractivity contribution is 5.86. The van der Waals surface area contributed by atoms with E-state index in [-0.39, 0.29) is 0 Å². The van der Waals surface area contributed by atoms with Gasteiger partial charge in [0.05, 0.1) is 17.5 Å². The molecule has 1 aliphatic rings. The molecular weight excluding hydrogens is 204 g/mol. The third-order valence-electron chi connectivity index (χ3n) is 2.99. The topological polar surface area (TPSA) is 52.6 Å². The summed E-state index contributed by atoms with van der Waals surface area (Å²) in [6.45, 7) is 0.659. The van der Waals surface area contributed by atoms with Crippen LogP contribution in [-0.4, -0.2) is 25.1 Å². The summed E-state index contributed by atoms with van der Waals surface area (Å²) in [6, 6.07) is 5.68. The number of benzene rings is 1. The number of fused-ring (bicyclic) bond motifs is 1. The van der Waals surface area contributed by atoms with Gasteiger partial charge in [-0.2, -0.15) is 0 Å². The molecule has 2 N–H and O–H groups in total. The molecule has 0 fully saturated rings. The number of aliphatic hydroxyl groups is 1. The number of hydrogen-bond donors (Lipinski definition) is 2. The van der Waals surface area contributed by atoms with E-state index in [0.717, 1.165) is 29.8 Å². The number of carbonyl (C=O) groups excluding carboxylic acids is 1. The molecule has 0 spiro atoms. The van der Waals surface area contributed by atoms with Crippen molar-refractivity contribution in [2.75, 3.05) is 23.8 Å². The average Bonchev–Trinajstić information content (AvgIpc) is 2.49. The number of nitrogens with one attached hydrogen (secondary N) is 1. The molecule has 1 amide bonds. The van der Waals surface area contributed by atoms with E-state index < -0.39 is 6.10 Å². The van der Waals surface area contributed by atoms with Gasteiger partial charge in [-0.05, 0) is 18.9 Å². The predicted octanol–water partition coefficient (Wildman–Crippen LogP) is 1.52. The maximum atomic E-state index is 11.1. The second-order valence-corrected chi connectivity index (χ2v) is 3.95. The number of hydrogen-bond acceptors (Lipinski definition) is 3. The second-order valence-electron chi connectivity index (χ2n) is 3.95. The lowest BCUT2D eigenvalue weighted by atomic mass is 10.0. The van der Waals surface area contributed by atoms with Crippen molar-refractivity contribution in [2.45, 2.75) is 18.9 Å². The van der Waals surface area contributed by atoms with E-state index in [1.54, 1.807) is 4.90 Å². The molecular formula is C12H16N2O2. The van der Waals surface area contributed by atoms with Crippen LogP contribution in [0.3, 0.4) is 0 Å². The van der Waals surface area contributed by atoms with Crippen LogP contribution in [0.25, 0.3) is 0 Å². The Labute approximate surface area is 94.9 Å². The summed E-state index contributed by atoms with van der Waals surface area (Å²) in [7, 11) is 1.82. The number of anilines is 2. The monoisotopic (exact) mass is 220 g/mol. The largest absolute Gasteiger partial charge is 0.388 e. The van der Waals surface area contributed by atoms with E-state index in [4.69, 9.17) is 0 Å². The van der Waals surface area contributed by atoms with E-state index in [1.807, 2.05) is 25.2 Å². The Balaban J connectivity index is 2.56. The molecule has 0 saturated carbocycles. The van der Waals surface area contributed by atoms with Crippen LogP contribution < -0.4 is 10.2 Å². The Hall–Kier alpha value is -1.55. The fourth-order valence-corrected chi connectivity index (χ4v) is 2.18. The normalized spacial score (nSPS) is 19.9. The smallest absolute Gasteiger partial charge is 0.214 e. The Kier molecular flexibility index (Phi) is 3.10. The highest BCUT2D eigenvalue weighted by atomic mass is 16.3. The molecule has 0 bridgehead atoms. The average molecular weight is 220 g/mol. The minimum atomic E-state index is -0.478. The van der Waals surface area contributed by atoms with Crippen LogP contribution in [0.4, 0.5) is 11.4 Å². The molecule has 1 atom stereocenters. The highest BCUT2D eigenvalue weighted by Crippen LogP contribution is 2.37. The first kappa shape index (κ1) is 11.0. The van der Waals surface area contributed by atoms with E-state index in [9.17, 15) is 9.90 Å². The van der Waals surface area contributed by atoms with Gasteiger partial charge in [0.2, 0.25) is 6.41 Å². The molecule has 86 valence electrons. The van der Waals surface area contributed by atoms with Crippen LogP contribution in [0.2, 0.25) is 0 Å². The van der Waals surface area contributed by atoms with Crippen molar-refractivity contribution in [2.24, 2.45) is 0 Å². The van der Waals surface area contributed by atoms with Crippen molar-refractivity contribution in [1.29, 1.82) is 0 Å². The number of rotatable bonds is 2. The third-order valence-corrected chi connectivity index (χ3v) is 2.99. The molecule has 2 rings (SSSR count). The fourth-order valence-electron chi connectivity index (χ4n) is 2.18. The van der Waals surface area contributed by atoms with Crippen molar-refractivity contribution >= 4 is 17.8 Å². The van der Waals surface area contributed by atoms with Crippen LogP contribution >= 0.6 is 0 Å². The van der Waals surface area contributed by atoms with Gasteiger partial charge in [-0.25, -0.2) is 0 Å². The first-order valence-electron chi connectivity index (χ1n) is 5.48. The Morgan fingerprint density at radius 2 is 2.38 bits per heavy atom. The second kappa shape index (κ2) is 4.53. The predicted molar refractivity (Wildman–Crippen MR) is 63.6 cm³/mol. The SMILES string of the molecule is CNc1cccc2c1N(C=O)CCCC2O. The molecule has 1 aromatic carbocycles. The van der Waals surface area contributed by atoms with Crippen LogP contribution in [0.5, 0.6) is 0 Å². The van der Waals surface area contributed by atoms with Crippen molar-refractivity contribution in [3.63, 3.8) is 0 Å². The zero-order chi connectivity index (χ0) is 11.5. The molecule has 4 heteroatoms. The Morgan fingerprint density at radius 3 is 3.06 bits per heavy atom. The van der Waals surface area contributed by atoms with E-state index in [1.165, 1.54) is 0 Å². The first-order valence-corrected chi connectivity index (χ1v) is 5.48. The van der Waals surface area contributed by atoms with E-state index in [0.29, 0.717) is 13.0 Å². The molecule has 0 saturated heterocycles. The summed E-state index contributed by atoms with van der Waals surface area (Å²) in [6.07, 6.45) is 1.87. The lowest BCUT2D eigenvalue weighted by Crippen LogP contribution is -2.22. The maximum Gasteiger partial charge on any atom is 0.214 e. The number of amides is 1. The minimum absolute atomic E-state index is 0.478. The summed E-state index contributed by atoms with van der Waals surface area (Å²) >= 11 is 0. The van der Waals surface area contributed by atoms with Crippen LogP contribution in [0.1, 0.15) is 24.5 Å². The summed E-state index contributed by atoms with van der Waals surface area (Å²) in [5.41, 5.74) is 2.52. The summed E-state index contributed by atoms with van der Waals surface area (Å²) in [5.74, 6) is 0. The molecule has 1 heterocycles. The zero-order valence-corrected chi connectivity index (χ0v) is 9.31. The van der Waals surface area contributed by atoms with Gasteiger partial charge in [0.25, 0.3) is 0 Å².